The van der Waals surface area contributed by atoms with Gasteiger partial charge in [-0.15, -0.1) is 24.5 Å². The van der Waals surface area contributed by atoms with Gasteiger partial charge in [-0.05, 0) is 53.4 Å². The molecule has 2 aromatic carbocycles. The Hall–Kier alpha value is -3.62. The lowest BCUT2D eigenvalue weighted by atomic mass is 10.0. The zero-order chi connectivity index (χ0) is 27.3. The minimum atomic E-state index is -4.92. The lowest BCUT2D eigenvalue weighted by Crippen LogP contribution is -2.43. The van der Waals surface area contributed by atoms with Crippen molar-refractivity contribution in [3.05, 3.63) is 68.9 Å². The monoisotopic (exact) mass is 574 g/mol. The maximum absolute atomic E-state index is 13.3. The molecule has 4 rings (SSSR count). The number of nitrogens with zero attached hydrogens (tertiary/aromatic N) is 2. The first-order valence-electron chi connectivity index (χ1n) is 10.1. The number of carbonyl (C=O) groups is 3. The number of carboxylic acid groups (broad SMARTS) is 1. The number of rotatable bonds is 6. The summed E-state index contributed by atoms with van der Waals surface area (Å²) in [6.45, 7) is 0. The molecular weight excluding hydrogens is 561 g/mol. The van der Waals surface area contributed by atoms with Crippen LogP contribution in [0.1, 0.15) is 25.6 Å². The third-order valence-electron chi connectivity index (χ3n) is 5.32. The Labute approximate surface area is 216 Å². The van der Waals surface area contributed by atoms with Gasteiger partial charge in [-0.3, -0.25) is 13.9 Å². The minimum Gasteiger partial charge on any atom is -0.477 e. The highest BCUT2D eigenvalue weighted by molar-refractivity contribution is 7.92. The van der Waals surface area contributed by atoms with Gasteiger partial charge in [-0.2, -0.15) is 0 Å². The first-order valence-corrected chi connectivity index (χ1v) is 12.8. The van der Waals surface area contributed by atoms with Gasteiger partial charge >= 0.3 is 12.3 Å². The van der Waals surface area contributed by atoms with E-state index in [1.807, 2.05) is 0 Å². The summed E-state index contributed by atoms with van der Waals surface area (Å²) >= 11 is 6.99. The first kappa shape index (κ1) is 26.4. The zero-order valence-corrected chi connectivity index (χ0v) is 20.8. The number of carboxylic acids is 1. The van der Waals surface area contributed by atoms with Crippen LogP contribution in [0.2, 0.25) is 5.02 Å². The molecule has 2 amide bonds. The average Bonchev–Trinajstić information content (AvgIpc) is 3.23. The SMILES string of the molecule is CN(c1ccc(OC(F)(F)F)cc1)S(=O)(=O)c1ccc(Cl)c(N2C(=O)Cc3csc(C(=O)O)c3C2=O)c1. The van der Waals surface area contributed by atoms with Crippen LogP contribution in [-0.4, -0.2) is 44.7 Å². The van der Waals surface area contributed by atoms with E-state index in [0.29, 0.717) is 4.90 Å². The van der Waals surface area contributed by atoms with Crippen LogP contribution in [-0.2, 0) is 21.2 Å². The van der Waals surface area contributed by atoms with Gasteiger partial charge in [0.15, 0.2) is 0 Å². The second-order valence-electron chi connectivity index (χ2n) is 7.61. The molecule has 3 aromatic rings. The highest BCUT2D eigenvalue weighted by Crippen LogP contribution is 2.37. The number of hydrogen-bond acceptors (Lipinski definition) is 7. The summed E-state index contributed by atoms with van der Waals surface area (Å²) in [6, 6.07) is 7.33. The van der Waals surface area contributed by atoms with Gasteiger partial charge < -0.3 is 9.84 Å². The molecule has 0 fully saturated rings. The number of imide groups is 1. The van der Waals surface area contributed by atoms with Crippen molar-refractivity contribution in [2.75, 3.05) is 16.3 Å². The number of hydrogen-bond donors (Lipinski definition) is 1. The number of aromatic carboxylic acids is 1. The number of amides is 2. The number of anilines is 2. The van der Waals surface area contributed by atoms with Crippen molar-refractivity contribution < 1.29 is 45.8 Å². The number of carbonyl (C=O) groups excluding carboxylic acids is 2. The summed E-state index contributed by atoms with van der Waals surface area (Å²) in [7, 11) is -3.20. The third kappa shape index (κ3) is 4.99. The van der Waals surface area contributed by atoms with Gasteiger partial charge in [0.25, 0.3) is 15.9 Å². The molecule has 2 heterocycles. The van der Waals surface area contributed by atoms with E-state index in [-0.39, 0.29) is 43.7 Å². The van der Waals surface area contributed by atoms with Crippen molar-refractivity contribution in [1.82, 2.24) is 0 Å². The molecule has 0 atom stereocenters. The molecule has 37 heavy (non-hydrogen) atoms. The van der Waals surface area contributed by atoms with E-state index in [4.69, 9.17) is 11.6 Å². The average molecular weight is 575 g/mol. The van der Waals surface area contributed by atoms with Gasteiger partial charge in [0.05, 0.1) is 33.3 Å². The summed E-state index contributed by atoms with van der Waals surface area (Å²) in [4.78, 5) is 37.5. The molecule has 15 heteroatoms. The van der Waals surface area contributed by atoms with Crippen molar-refractivity contribution in [3.63, 3.8) is 0 Å². The van der Waals surface area contributed by atoms with Crippen LogP contribution >= 0.6 is 22.9 Å². The highest BCUT2D eigenvalue weighted by Gasteiger charge is 2.38. The van der Waals surface area contributed by atoms with E-state index < -0.39 is 39.9 Å². The Bertz CT molecular complexity index is 1540. The lowest BCUT2D eigenvalue weighted by Gasteiger charge is -2.27. The number of halogens is 4. The van der Waals surface area contributed by atoms with Crippen molar-refractivity contribution in [1.29, 1.82) is 0 Å². The van der Waals surface area contributed by atoms with Crippen LogP contribution in [0.15, 0.2) is 52.7 Å². The number of thiophene rings is 1. The molecule has 194 valence electrons. The van der Waals surface area contributed by atoms with Crippen molar-refractivity contribution in [2.45, 2.75) is 17.7 Å². The van der Waals surface area contributed by atoms with E-state index in [1.54, 1.807) is 0 Å². The van der Waals surface area contributed by atoms with E-state index in [1.165, 1.54) is 5.38 Å². The fourth-order valence-corrected chi connectivity index (χ4v) is 5.92. The Morgan fingerprint density at radius 2 is 1.81 bits per heavy atom. The molecule has 9 nitrogen and oxygen atoms in total. The molecule has 0 aliphatic carbocycles. The topological polar surface area (TPSA) is 121 Å². The molecule has 0 spiro atoms. The van der Waals surface area contributed by atoms with Crippen LogP contribution in [0.25, 0.3) is 0 Å². The fraction of sp³-hybridized carbons (Fsp3) is 0.136. The summed E-state index contributed by atoms with van der Waals surface area (Å²) in [5.41, 5.74) is -0.218. The first-order chi connectivity index (χ1) is 17.2. The number of fused-ring (bicyclic) bond motifs is 1. The largest absolute Gasteiger partial charge is 0.573 e. The van der Waals surface area contributed by atoms with Crippen LogP contribution in [0.3, 0.4) is 0 Å². The van der Waals surface area contributed by atoms with Crippen LogP contribution in [0.4, 0.5) is 24.5 Å². The molecule has 0 unspecified atom stereocenters. The maximum Gasteiger partial charge on any atom is 0.573 e. The molecule has 0 bridgehead atoms. The second-order valence-corrected chi connectivity index (χ2v) is 10.9. The van der Waals surface area contributed by atoms with Gasteiger partial charge in [-0.25, -0.2) is 18.1 Å². The Morgan fingerprint density at radius 3 is 2.41 bits per heavy atom. The second kappa shape index (κ2) is 9.36. The predicted molar refractivity (Wildman–Crippen MR) is 127 cm³/mol. The molecule has 1 aromatic heterocycles. The Balaban J connectivity index is 1.70. The summed E-state index contributed by atoms with van der Waals surface area (Å²) in [6.07, 6.45) is -5.22. The quantitative estimate of drug-likeness (QED) is 0.429. The standard InChI is InChI=1S/C22H14ClF3N2O7S2/c1-27(12-2-4-13(5-3-12)35-22(24,25)26)37(33,34)14-6-7-15(23)16(9-14)28-17(29)8-11-10-36-19(21(31)32)18(11)20(28)30/h2-7,9-10H,8H2,1H3,(H,31,32). The summed E-state index contributed by atoms with van der Waals surface area (Å²) in [5.74, 6) is -3.61. The lowest BCUT2D eigenvalue weighted by molar-refractivity contribution is -0.274. The van der Waals surface area contributed by atoms with E-state index in [0.717, 1.165) is 65.2 Å². The van der Waals surface area contributed by atoms with Gasteiger partial charge in [0.2, 0.25) is 5.91 Å². The Morgan fingerprint density at radius 1 is 1.16 bits per heavy atom. The van der Waals surface area contributed by atoms with Gasteiger partial charge in [0.1, 0.15) is 10.6 Å². The Kier molecular flexibility index (Phi) is 6.69. The normalized spacial score (nSPS) is 13.9. The molecule has 0 radical (unpaired) electrons. The molecule has 1 aliphatic heterocycles. The van der Waals surface area contributed by atoms with E-state index >= 15 is 0 Å². The van der Waals surface area contributed by atoms with Crippen molar-refractivity contribution in [3.8, 4) is 5.75 Å². The van der Waals surface area contributed by atoms with Crippen LogP contribution < -0.4 is 13.9 Å². The summed E-state index contributed by atoms with van der Waals surface area (Å²) < 4.78 is 68.3. The van der Waals surface area contributed by atoms with E-state index in [2.05, 4.69) is 4.74 Å². The third-order valence-corrected chi connectivity index (χ3v) is 8.44. The number of benzene rings is 2. The predicted octanol–water partition coefficient (Wildman–Crippen LogP) is 4.55. The van der Waals surface area contributed by atoms with Crippen molar-refractivity contribution >= 4 is 62.1 Å². The molecule has 0 saturated heterocycles. The summed E-state index contributed by atoms with van der Waals surface area (Å²) in [5, 5.41) is 10.6. The number of alkyl halides is 3. The number of ether oxygens (including phenoxy) is 1. The van der Waals surface area contributed by atoms with Gasteiger partial charge in [-0.1, -0.05) is 11.6 Å². The van der Waals surface area contributed by atoms with E-state index in [9.17, 15) is 41.1 Å². The minimum absolute atomic E-state index is 0.00911. The van der Waals surface area contributed by atoms with Crippen LogP contribution in [0, 0.1) is 0 Å². The maximum atomic E-state index is 13.3. The zero-order valence-electron chi connectivity index (χ0n) is 18.4. The smallest absolute Gasteiger partial charge is 0.477 e. The molecule has 1 aliphatic rings. The van der Waals surface area contributed by atoms with Gasteiger partial charge in [0, 0.05) is 7.05 Å². The number of sulfonamides is 1. The fourth-order valence-electron chi connectivity index (χ4n) is 3.61. The molecule has 0 saturated carbocycles. The molecule has 1 N–H and O–H groups in total. The van der Waals surface area contributed by atoms with Crippen LogP contribution in [0.5, 0.6) is 5.75 Å². The highest BCUT2D eigenvalue weighted by atomic mass is 35.5. The molecular formula is C22H14ClF3N2O7S2. The van der Waals surface area contributed by atoms with Crippen molar-refractivity contribution in [2.24, 2.45) is 0 Å².